The second kappa shape index (κ2) is 9.03. The van der Waals surface area contributed by atoms with Gasteiger partial charge in [-0.15, -0.1) is 0 Å². The van der Waals surface area contributed by atoms with Crippen molar-refractivity contribution in [3.8, 4) is 22.5 Å². The zero-order valence-corrected chi connectivity index (χ0v) is 23.1. The van der Waals surface area contributed by atoms with E-state index < -0.39 is 0 Å². The molecule has 9 rings (SSSR count). The van der Waals surface area contributed by atoms with Gasteiger partial charge in [-0.1, -0.05) is 84.9 Å². The molecular formula is C38H24N4O. The topological polar surface area (TPSA) is 44.2 Å². The molecule has 0 spiro atoms. The molecule has 0 aliphatic heterocycles. The van der Waals surface area contributed by atoms with Crippen molar-refractivity contribution in [2.45, 2.75) is 0 Å². The van der Waals surface area contributed by atoms with Gasteiger partial charge < -0.3 is 4.57 Å². The molecule has 6 aromatic carbocycles. The summed E-state index contributed by atoms with van der Waals surface area (Å²) in [5.41, 5.74) is 9.21. The normalized spacial score (nSPS) is 11.8. The van der Waals surface area contributed by atoms with Gasteiger partial charge in [0.05, 0.1) is 33.3 Å². The molecular weight excluding hydrogens is 528 g/mol. The molecule has 0 fully saturated rings. The van der Waals surface area contributed by atoms with Crippen molar-refractivity contribution < 1.29 is 0 Å². The number of nitrogens with zero attached hydrogens (tertiary/aromatic N) is 4. The highest BCUT2D eigenvalue weighted by Gasteiger charge is 2.20. The summed E-state index contributed by atoms with van der Waals surface area (Å²) < 4.78 is 5.89. The molecule has 0 atom stereocenters. The molecule has 0 saturated heterocycles. The summed E-state index contributed by atoms with van der Waals surface area (Å²) in [4.78, 5) is 19.4. The van der Waals surface area contributed by atoms with Crippen LogP contribution in [0.15, 0.2) is 150 Å². The van der Waals surface area contributed by atoms with E-state index in [9.17, 15) is 4.79 Å². The first-order valence-corrected chi connectivity index (χ1v) is 14.4. The van der Waals surface area contributed by atoms with Crippen LogP contribution in [0.2, 0.25) is 0 Å². The Balaban J connectivity index is 1.41. The lowest BCUT2D eigenvalue weighted by Gasteiger charge is -2.16. The maximum Gasteiger partial charge on any atom is 0.339 e. The monoisotopic (exact) mass is 552 g/mol. The third-order valence-corrected chi connectivity index (χ3v) is 8.46. The van der Waals surface area contributed by atoms with Crippen LogP contribution in [0, 0.1) is 0 Å². The Hall–Kier alpha value is -5.94. The molecule has 202 valence electrons. The Morgan fingerprint density at radius 3 is 1.91 bits per heavy atom. The summed E-state index contributed by atoms with van der Waals surface area (Å²) in [6.07, 6.45) is 0. The molecule has 5 nitrogen and oxygen atoms in total. The Morgan fingerprint density at radius 2 is 1.12 bits per heavy atom. The highest BCUT2D eigenvalue weighted by molar-refractivity contribution is 6.12. The van der Waals surface area contributed by atoms with Crippen molar-refractivity contribution in [3.63, 3.8) is 0 Å². The van der Waals surface area contributed by atoms with Crippen molar-refractivity contribution in [3.05, 3.63) is 156 Å². The van der Waals surface area contributed by atoms with Crippen molar-refractivity contribution in [2.24, 2.45) is 0 Å². The zero-order valence-electron chi connectivity index (χ0n) is 23.1. The van der Waals surface area contributed by atoms with Crippen LogP contribution in [0.1, 0.15) is 0 Å². The number of imidazole rings is 1. The minimum Gasteiger partial charge on any atom is -0.309 e. The fourth-order valence-corrected chi connectivity index (χ4v) is 6.61. The zero-order chi connectivity index (χ0) is 28.5. The maximum atomic E-state index is 14.4. The molecule has 43 heavy (non-hydrogen) atoms. The van der Waals surface area contributed by atoms with Gasteiger partial charge >= 0.3 is 5.69 Å². The average molecular weight is 553 g/mol. The minimum absolute atomic E-state index is 0.142. The summed E-state index contributed by atoms with van der Waals surface area (Å²) in [6, 6.07) is 49.6. The first-order chi connectivity index (χ1) is 21.3. The Bertz CT molecular complexity index is 2570. The van der Waals surface area contributed by atoms with E-state index in [1.807, 2.05) is 65.2 Å². The van der Waals surface area contributed by atoms with E-state index >= 15 is 0 Å². The number of rotatable bonds is 3. The van der Waals surface area contributed by atoms with Crippen LogP contribution >= 0.6 is 0 Å². The first kappa shape index (κ1) is 23.7. The lowest BCUT2D eigenvalue weighted by molar-refractivity contribution is 0.933. The number of benzene rings is 6. The van der Waals surface area contributed by atoms with Crippen molar-refractivity contribution in [2.75, 3.05) is 0 Å². The third kappa shape index (κ3) is 3.39. The quantitative estimate of drug-likeness (QED) is 0.220. The van der Waals surface area contributed by atoms with Crippen molar-refractivity contribution in [1.82, 2.24) is 18.5 Å². The number of para-hydroxylation sites is 6. The summed E-state index contributed by atoms with van der Waals surface area (Å²) in [5, 5.41) is 3.27. The van der Waals surface area contributed by atoms with E-state index in [-0.39, 0.29) is 5.69 Å². The standard InChI is InChI=1S/C38H24N4O/c43-38-41(27-14-5-2-6-15-27)36-28(17-11-18-30(36)37-39-32-19-8-10-21-35(32)42(37)38)25-22-23-34-31(24-25)29-16-7-9-20-33(29)40(34)26-12-3-1-4-13-26/h1-24H. The Labute approximate surface area is 246 Å². The number of aromatic nitrogens is 4. The van der Waals surface area contributed by atoms with Gasteiger partial charge in [0.25, 0.3) is 0 Å². The predicted octanol–water partition coefficient (Wildman–Crippen LogP) is 8.56. The van der Waals surface area contributed by atoms with E-state index in [0.29, 0.717) is 5.65 Å². The van der Waals surface area contributed by atoms with Crippen molar-refractivity contribution >= 4 is 49.4 Å². The maximum absolute atomic E-state index is 14.4. The molecule has 0 amide bonds. The molecule has 5 heteroatoms. The van der Waals surface area contributed by atoms with E-state index in [4.69, 9.17) is 4.98 Å². The Morgan fingerprint density at radius 1 is 0.488 bits per heavy atom. The molecule has 0 aliphatic rings. The van der Waals surface area contributed by atoms with E-state index in [1.54, 1.807) is 4.40 Å². The molecule has 3 heterocycles. The second-order valence-corrected chi connectivity index (χ2v) is 10.8. The highest BCUT2D eigenvalue weighted by atomic mass is 16.1. The molecule has 0 radical (unpaired) electrons. The fraction of sp³-hybridized carbons (Fsp3) is 0. The van der Waals surface area contributed by atoms with Gasteiger partial charge in [-0.25, -0.2) is 14.2 Å². The molecule has 9 aromatic rings. The van der Waals surface area contributed by atoms with Crippen LogP contribution in [-0.4, -0.2) is 18.5 Å². The van der Waals surface area contributed by atoms with Gasteiger partial charge in [-0.3, -0.25) is 4.57 Å². The second-order valence-electron chi connectivity index (χ2n) is 10.8. The van der Waals surface area contributed by atoms with Gasteiger partial charge in [0.2, 0.25) is 0 Å². The SMILES string of the molecule is O=c1n(-c2ccccc2)c2c(-c3ccc4c(c3)c3ccccc3n4-c3ccccc3)cccc2c2nc3ccccc3n12. The summed E-state index contributed by atoms with van der Waals surface area (Å²) in [7, 11) is 0. The van der Waals surface area contributed by atoms with Crippen LogP contribution in [0.4, 0.5) is 0 Å². The van der Waals surface area contributed by atoms with Crippen LogP contribution in [0.5, 0.6) is 0 Å². The minimum atomic E-state index is -0.142. The lowest BCUT2D eigenvalue weighted by atomic mass is 9.99. The Kier molecular flexibility index (Phi) is 4.98. The molecule has 0 aliphatic carbocycles. The summed E-state index contributed by atoms with van der Waals surface area (Å²) in [5.74, 6) is 0. The van der Waals surface area contributed by atoms with Crippen LogP contribution in [0.3, 0.4) is 0 Å². The van der Waals surface area contributed by atoms with Gasteiger partial charge in [-0.2, -0.15) is 0 Å². The smallest absolute Gasteiger partial charge is 0.309 e. The summed E-state index contributed by atoms with van der Waals surface area (Å²) >= 11 is 0. The van der Waals surface area contributed by atoms with Gasteiger partial charge in [0, 0.05) is 27.4 Å². The van der Waals surface area contributed by atoms with E-state index in [1.165, 1.54) is 5.39 Å². The van der Waals surface area contributed by atoms with Crippen LogP contribution in [0.25, 0.3) is 71.9 Å². The van der Waals surface area contributed by atoms with Crippen LogP contribution < -0.4 is 5.69 Å². The number of hydrogen-bond donors (Lipinski definition) is 0. The highest BCUT2D eigenvalue weighted by Crippen LogP contribution is 2.37. The van der Waals surface area contributed by atoms with Gasteiger partial charge in [0.1, 0.15) is 0 Å². The molecule has 0 saturated carbocycles. The number of hydrogen-bond acceptors (Lipinski definition) is 2. The first-order valence-electron chi connectivity index (χ1n) is 14.4. The third-order valence-electron chi connectivity index (χ3n) is 8.46. The largest absolute Gasteiger partial charge is 0.339 e. The summed E-state index contributed by atoms with van der Waals surface area (Å²) in [6.45, 7) is 0. The molecule has 3 aromatic heterocycles. The molecule has 0 bridgehead atoms. The molecule has 0 N–H and O–H groups in total. The van der Waals surface area contributed by atoms with Crippen molar-refractivity contribution in [1.29, 1.82) is 0 Å². The van der Waals surface area contributed by atoms with Gasteiger partial charge in [0.15, 0.2) is 5.65 Å². The van der Waals surface area contributed by atoms with E-state index in [2.05, 4.69) is 89.5 Å². The fourth-order valence-electron chi connectivity index (χ4n) is 6.61. The van der Waals surface area contributed by atoms with Gasteiger partial charge in [-0.05, 0) is 66.2 Å². The average Bonchev–Trinajstić information content (AvgIpc) is 3.62. The van der Waals surface area contributed by atoms with E-state index in [0.717, 1.165) is 60.9 Å². The molecule has 0 unspecified atom stereocenters. The van der Waals surface area contributed by atoms with Crippen LogP contribution in [-0.2, 0) is 0 Å². The number of fused-ring (bicyclic) bond motifs is 8. The predicted molar refractivity (Wildman–Crippen MR) is 176 cm³/mol. The lowest BCUT2D eigenvalue weighted by Crippen LogP contribution is -2.26.